The summed E-state index contributed by atoms with van der Waals surface area (Å²) in [5, 5.41) is 0. The van der Waals surface area contributed by atoms with Gasteiger partial charge in [0.25, 0.3) is 0 Å². The van der Waals surface area contributed by atoms with Crippen molar-refractivity contribution in [3.63, 3.8) is 0 Å². The van der Waals surface area contributed by atoms with Crippen LogP contribution in [0.3, 0.4) is 0 Å². The Labute approximate surface area is 125 Å². The van der Waals surface area contributed by atoms with E-state index in [1.807, 2.05) is 4.90 Å². The van der Waals surface area contributed by atoms with Crippen LogP contribution in [0, 0.1) is 0 Å². The van der Waals surface area contributed by atoms with Gasteiger partial charge in [0, 0.05) is 13.1 Å². The number of rotatable bonds is 1. The number of nitrogens with zero attached hydrogens (tertiary/aromatic N) is 3. The zero-order valence-electron chi connectivity index (χ0n) is 11.0. The smallest absolute Gasteiger partial charge is 0.369 e. The van der Waals surface area contributed by atoms with E-state index >= 15 is 0 Å². The number of benzene rings is 1. The molecule has 9 heteroatoms. The highest BCUT2D eigenvalue weighted by Crippen LogP contribution is 2.30. The zero-order valence-corrected chi connectivity index (χ0v) is 11.8. The SMILES string of the molecule is Cl.NC(=Nc1ccc(C(F)(F)F)cc1)N=C(N)N1CCC1. The Morgan fingerprint density at radius 3 is 2.10 bits per heavy atom. The van der Waals surface area contributed by atoms with Crippen molar-refractivity contribution in [3.05, 3.63) is 29.8 Å². The molecule has 1 aliphatic rings. The highest BCUT2D eigenvalue weighted by molar-refractivity contribution is 5.94. The van der Waals surface area contributed by atoms with Crippen LogP contribution < -0.4 is 11.5 Å². The van der Waals surface area contributed by atoms with Gasteiger partial charge in [0.15, 0.2) is 5.96 Å². The molecule has 1 aliphatic heterocycles. The minimum Gasteiger partial charge on any atom is -0.369 e. The van der Waals surface area contributed by atoms with Crippen molar-refractivity contribution < 1.29 is 13.2 Å². The molecular weight excluding hydrogens is 307 g/mol. The number of hydrogen-bond acceptors (Lipinski definition) is 1. The van der Waals surface area contributed by atoms with Gasteiger partial charge in [-0.1, -0.05) is 0 Å². The molecule has 0 aliphatic carbocycles. The van der Waals surface area contributed by atoms with E-state index in [-0.39, 0.29) is 30.0 Å². The Balaban J connectivity index is 0.00000220. The Morgan fingerprint density at radius 2 is 1.67 bits per heavy atom. The molecule has 1 aromatic carbocycles. The first-order chi connectivity index (χ1) is 9.36. The molecule has 2 rings (SSSR count). The van der Waals surface area contributed by atoms with Crippen molar-refractivity contribution >= 4 is 30.0 Å². The Morgan fingerprint density at radius 1 is 1.10 bits per heavy atom. The molecule has 1 saturated heterocycles. The molecule has 21 heavy (non-hydrogen) atoms. The third-order valence-corrected chi connectivity index (χ3v) is 2.85. The van der Waals surface area contributed by atoms with E-state index in [1.165, 1.54) is 12.1 Å². The van der Waals surface area contributed by atoms with Gasteiger partial charge in [-0.3, -0.25) is 0 Å². The van der Waals surface area contributed by atoms with Gasteiger partial charge in [-0.05, 0) is 30.7 Å². The summed E-state index contributed by atoms with van der Waals surface area (Å²) in [6.07, 6.45) is -3.32. The largest absolute Gasteiger partial charge is 0.416 e. The number of likely N-dealkylation sites (tertiary alicyclic amines) is 1. The molecule has 0 saturated carbocycles. The lowest BCUT2D eigenvalue weighted by Gasteiger charge is -2.31. The molecule has 1 aromatic rings. The highest BCUT2D eigenvalue weighted by Gasteiger charge is 2.29. The van der Waals surface area contributed by atoms with Crippen molar-refractivity contribution in [2.45, 2.75) is 12.6 Å². The predicted octanol–water partition coefficient (Wildman–Crippen LogP) is 2.09. The molecule has 0 atom stereocenters. The van der Waals surface area contributed by atoms with Crippen LogP contribution >= 0.6 is 12.4 Å². The van der Waals surface area contributed by atoms with Gasteiger partial charge >= 0.3 is 6.18 Å². The number of nitrogens with two attached hydrogens (primary N) is 2. The second-order valence-corrected chi connectivity index (χ2v) is 4.33. The summed E-state index contributed by atoms with van der Waals surface area (Å²) in [5.74, 6) is 0.179. The van der Waals surface area contributed by atoms with Crippen LogP contribution in [0.2, 0.25) is 0 Å². The lowest BCUT2D eigenvalue weighted by Crippen LogP contribution is -2.47. The summed E-state index contributed by atoms with van der Waals surface area (Å²) >= 11 is 0. The summed E-state index contributed by atoms with van der Waals surface area (Å²) in [4.78, 5) is 9.62. The fraction of sp³-hybridized carbons (Fsp3) is 0.333. The van der Waals surface area contributed by atoms with Crippen LogP contribution in [-0.2, 0) is 6.18 Å². The monoisotopic (exact) mass is 321 g/mol. The van der Waals surface area contributed by atoms with Gasteiger partial charge in [0.05, 0.1) is 11.3 Å². The van der Waals surface area contributed by atoms with E-state index in [0.29, 0.717) is 0 Å². The van der Waals surface area contributed by atoms with E-state index in [9.17, 15) is 13.2 Å². The van der Waals surface area contributed by atoms with Gasteiger partial charge in [-0.2, -0.15) is 18.2 Å². The molecule has 5 nitrogen and oxygen atoms in total. The maximum atomic E-state index is 12.4. The summed E-state index contributed by atoms with van der Waals surface area (Å²) in [7, 11) is 0. The first-order valence-corrected chi connectivity index (χ1v) is 5.97. The maximum absolute atomic E-state index is 12.4. The Hall–Kier alpha value is -1.96. The number of aliphatic imine (C=N–C) groups is 2. The van der Waals surface area contributed by atoms with Gasteiger partial charge in [0.1, 0.15) is 0 Å². The van der Waals surface area contributed by atoms with Crippen LogP contribution in [0.4, 0.5) is 18.9 Å². The molecular formula is C12H15ClF3N5. The summed E-state index contributed by atoms with van der Waals surface area (Å²) in [6.45, 7) is 1.64. The van der Waals surface area contributed by atoms with Crippen molar-refractivity contribution in [2.75, 3.05) is 13.1 Å². The molecule has 116 valence electrons. The lowest BCUT2D eigenvalue weighted by atomic mass is 10.2. The zero-order chi connectivity index (χ0) is 14.8. The Bertz CT molecular complexity index is 535. The number of alkyl halides is 3. The first-order valence-electron chi connectivity index (χ1n) is 5.97. The number of halogens is 4. The summed E-state index contributed by atoms with van der Waals surface area (Å²) in [5.41, 5.74) is 10.8. The second-order valence-electron chi connectivity index (χ2n) is 4.33. The molecule has 1 fully saturated rings. The van der Waals surface area contributed by atoms with E-state index in [4.69, 9.17) is 11.5 Å². The molecule has 0 unspecified atom stereocenters. The quantitative estimate of drug-likeness (QED) is 0.614. The van der Waals surface area contributed by atoms with Gasteiger partial charge in [0.2, 0.25) is 5.96 Å². The van der Waals surface area contributed by atoms with E-state index < -0.39 is 11.7 Å². The van der Waals surface area contributed by atoms with E-state index in [1.54, 1.807) is 0 Å². The minimum atomic E-state index is -4.37. The third kappa shape index (κ3) is 4.52. The average Bonchev–Trinajstić information content (AvgIpc) is 2.25. The predicted molar refractivity (Wildman–Crippen MR) is 77.8 cm³/mol. The van der Waals surface area contributed by atoms with Crippen LogP contribution in [0.1, 0.15) is 12.0 Å². The van der Waals surface area contributed by atoms with Crippen molar-refractivity contribution in [1.82, 2.24) is 4.90 Å². The molecule has 0 bridgehead atoms. The summed E-state index contributed by atoms with van der Waals surface area (Å²) < 4.78 is 37.2. The second kappa shape index (κ2) is 6.66. The Kier molecular flexibility index (Phi) is 5.42. The fourth-order valence-corrected chi connectivity index (χ4v) is 1.62. The molecule has 0 spiro atoms. The van der Waals surface area contributed by atoms with Gasteiger partial charge in [-0.15, -0.1) is 12.4 Å². The van der Waals surface area contributed by atoms with Crippen molar-refractivity contribution in [1.29, 1.82) is 0 Å². The lowest BCUT2D eigenvalue weighted by molar-refractivity contribution is -0.137. The van der Waals surface area contributed by atoms with Crippen molar-refractivity contribution in [3.8, 4) is 0 Å². The molecule has 0 radical (unpaired) electrons. The van der Waals surface area contributed by atoms with E-state index in [2.05, 4.69) is 9.98 Å². The number of guanidine groups is 2. The molecule has 1 heterocycles. The van der Waals surface area contributed by atoms with Crippen LogP contribution in [0.15, 0.2) is 34.3 Å². The van der Waals surface area contributed by atoms with Gasteiger partial charge < -0.3 is 16.4 Å². The molecule has 4 N–H and O–H groups in total. The first kappa shape index (κ1) is 17.1. The maximum Gasteiger partial charge on any atom is 0.416 e. The van der Waals surface area contributed by atoms with Crippen LogP contribution in [0.25, 0.3) is 0 Å². The third-order valence-electron chi connectivity index (χ3n) is 2.85. The van der Waals surface area contributed by atoms with E-state index in [0.717, 1.165) is 31.6 Å². The van der Waals surface area contributed by atoms with Gasteiger partial charge in [-0.25, -0.2) is 4.99 Å². The average molecular weight is 322 g/mol. The molecule has 0 aromatic heterocycles. The van der Waals surface area contributed by atoms with Crippen LogP contribution in [-0.4, -0.2) is 29.9 Å². The standard InChI is InChI=1S/C12H14F3N5.ClH/c13-12(14,15)8-2-4-9(5-3-8)18-10(16)19-11(17)20-6-1-7-20;/h2-5H,1,6-7H2,(H4,16,17,18,19);1H. The topological polar surface area (TPSA) is 80.0 Å². The van der Waals surface area contributed by atoms with Crippen molar-refractivity contribution in [2.24, 2.45) is 21.5 Å². The van der Waals surface area contributed by atoms with Crippen LogP contribution in [0.5, 0.6) is 0 Å². The highest BCUT2D eigenvalue weighted by atomic mass is 35.5. The minimum absolute atomic E-state index is 0. The molecule has 0 amide bonds. The summed E-state index contributed by atoms with van der Waals surface area (Å²) in [6, 6.07) is 4.33. The fourth-order valence-electron chi connectivity index (χ4n) is 1.62. The normalized spacial score (nSPS) is 16.2. The number of hydrogen-bond donors (Lipinski definition) is 2.